The van der Waals surface area contributed by atoms with Gasteiger partial charge in [0.1, 0.15) is 5.69 Å². The Morgan fingerprint density at radius 3 is 2.94 bits per heavy atom. The smallest absolute Gasteiger partial charge is 0.243 e. The summed E-state index contributed by atoms with van der Waals surface area (Å²) in [4.78, 5) is 8.70. The van der Waals surface area contributed by atoms with Crippen LogP contribution in [0.2, 0.25) is 0 Å². The van der Waals surface area contributed by atoms with Crippen LogP contribution in [0.3, 0.4) is 0 Å². The highest BCUT2D eigenvalue weighted by molar-refractivity contribution is 5.48. The van der Waals surface area contributed by atoms with Gasteiger partial charge < -0.3 is 10.3 Å². The largest absolute Gasteiger partial charge is 0.337 e. The van der Waals surface area contributed by atoms with E-state index in [0.29, 0.717) is 11.7 Å². The quantitative estimate of drug-likeness (QED) is 0.892. The molecule has 0 unspecified atom stereocenters. The molecule has 0 saturated heterocycles. The Morgan fingerprint density at radius 1 is 1.39 bits per heavy atom. The first-order valence-corrected chi connectivity index (χ1v) is 6.25. The van der Waals surface area contributed by atoms with Gasteiger partial charge in [0.15, 0.2) is 0 Å². The van der Waals surface area contributed by atoms with E-state index >= 15 is 0 Å². The molecule has 2 heterocycles. The van der Waals surface area contributed by atoms with Crippen molar-refractivity contribution in [3.8, 4) is 11.5 Å². The lowest BCUT2D eigenvalue weighted by molar-refractivity contribution is 0.344. The van der Waals surface area contributed by atoms with E-state index in [1.54, 1.807) is 0 Å². The van der Waals surface area contributed by atoms with Gasteiger partial charge in [-0.2, -0.15) is 4.98 Å². The molecule has 0 aliphatic heterocycles. The second-order valence-corrected chi connectivity index (χ2v) is 4.91. The fourth-order valence-corrected chi connectivity index (χ4v) is 1.97. The molecular weight excluding hydrogens is 228 g/mol. The zero-order chi connectivity index (χ0) is 12.5. The fourth-order valence-electron chi connectivity index (χ4n) is 1.97. The Labute approximate surface area is 105 Å². The third kappa shape index (κ3) is 2.41. The van der Waals surface area contributed by atoms with Gasteiger partial charge in [-0.3, -0.25) is 0 Å². The van der Waals surface area contributed by atoms with Crippen LogP contribution in [0, 0.1) is 12.8 Å². The molecule has 2 aromatic rings. The van der Waals surface area contributed by atoms with E-state index in [0.717, 1.165) is 23.7 Å². The summed E-state index contributed by atoms with van der Waals surface area (Å²) in [5, 5.41) is 3.95. The first-order valence-electron chi connectivity index (χ1n) is 6.25. The molecule has 0 bridgehead atoms. The molecule has 1 aliphatic rings. The van der Waals surface area contributed by atoms with Crippen LogP contribution in [-0.4, -0.2) is 15.1 Å². The summed E-state index contributed by atoms with van der Waals surface area (Å²) >= 11 is 0. The van der Waals surface area contributed by atoms with Gasteiger partial charge in [0.2, 0.25) is 11.7 Å². The van der Waals surface area contributed by atoms with Crippen LogP contribution in [0.25, 0.3) is 11.5 Å². The standard InChI is InChI=1S/C13H16N4O/c1-8-3-2-4-11(15-8)12-16-13(18-17-12)10(14)7-9-5-6-9/h2-4,9-10H,5-7,14H2,1H3/t10-/m0/s1. The Hall–Kier alpha value is -1.75. The minimum absolute atomic E-state index is 0.149. The number of pyridine rings is 1. The molecule has 0 spiro atoms. The number of hydrogen-bond donors (Lipinski definition) is 1. The van der Waals surface area contributed by atoms with E-state index in [1.807, 2.05) is 25.1 Å². The summed E-state index contributed by atoms with van der Waals surface area (Å²) in [6.07, 6.45) is 3.48. The molecule has 1 fully saturated rings. The minimum Gasteiger partial charge on any atom is -0.337 e. The third-order valence-corrected chi connectivity index (χ3v) is 3.16. The van der Waals surface area contributed by atoms with Gasteiger partial charge in [0.25, 0.3) is 0 Å². The molecule has 5 nitrogen and oxygen atoms in total. The van der Waals surface area contributed by atoms with Crippen LogP contribution in [0.15, 0.2) is 22.7 Å². The maximum atomic E-state index is 6.04. The summed E-state index contributed by atoms with van der Waals surface area (Å²) in [6.45, 7) is 1.93. The maximum absolute atomic E-state index is 6.04. The van der Waals surface area contributed by atoms with Crippen molar-refractivity contribution in [2.45, 2.75) is 32.2 Å². The lowest BCUT2D eigenvalue weighted by atomic mass is 10.1. The monoisotopic (exact) mass is 244 g/mol. The molecule has 3 rings (SSSR count). The third-order valence-electron chi connectivity index (χ3n) is 3.16. The predicted octanol–water partition coefficient (Wildman–Crippen LogP) is 2.24. The summed E-state index contributed by atoms with van der Waals surface area (Å²) in [6, 6.07) is 5.58. The molecular formula is C13H16N4O. The molecule has 1 saturated carbocycles. The van der Waals surface area contributed by atoms with E-state index < -0.39 is 0 Å². The Balaban J connectivity index is 1.79. The zero-order valence-corrected chi connectivity index (χ0v) is 10.3. The van der Waals surface area contributed by atoms with Crippen molar-refractivity contribution in [1.29, 1.82) is 0 Å². The molecule has 2 N–H and O–H groups in total. The molecule has 18 heavy (non-hydrogen) atoms. The minimum atomic E-state index is -0.149. The summed E-state index contributed by atoms with van der Waals surface area (Å²) in [5.41, 5.74) is 7.70. The fraction of sp³-hybridized carbons (Fsp3) is 0.462. The van der Waals surface area contributed by atoms with Gasteiger partial charge in [0.05, 0.1) is 6.04 Å². The highest BCUT2D eigenvalue weighted by Gasteiger charge is 2.27. The molecule has 1 atom stereocenters. The first-order chi connectivity index (χ1) is 8.72. The van der Waals surface area contributed by atoms with Crippen LogP contribution in [-0.2, 0) is 0 Å². The summed E-state index contributed by atoms with van der Waals surface area (Å²) in [5.74, 6) is 1.77. The van der Waals surface area contributed by atoms with E-state index in [2.05, 4.69) is 15.1 Å². The van der Waals surface area contributed by atoms with Crippen molar-refractivity contribution < 1.29 is 4.52 Å². The lowest BCUT2D eigenvalue weighted by Crippen LogP contribution is -2.11. The highest BCUT2D eigenvalue weighted by Crippen LogP contribution is 2.36. The van der Waals surface area contributed by atoms with Crippen LogP contribution in [0.1, 0.15) is 36.9 Å². The van der Waals surface area contributed by atoms with Crippen molar-refractivity contribution >= 4 is 0 Å². The second-order valence-electron chi connectivity index (χ2n) is 4.91. The first kappa shape index (κ1) is 11.3. The van der Waals surface area contributed by atoms with E-state index in [-0.39, 0.29) is 6.04 Å². The van der Waals surface area contributed by atoms with Crippen molar-refractivity contribution in [3.05, 3.63) is 29.8 Å². The highest BCUT2D eigenvalue weighted by atomic mass is 16.5. The average molecular weight is 244 g/mol. The number of nitrogens with zero attached hydrogens (tertiary/aromatic N) is 3. The molecule has 94 valence electrons. The molecule has 0 aromatic carbocycles. The van der Waals surface area contributed by atoms with Crippen molar-refractivity contribution in [2.75, 3.05) is 0 Å². The van der Waals surface area contributed by atoms with Crippen LogP contribution < -0.4 is 5.73 Å². The zero-order valence-electron chi connectivity index (χ0n) is 10.3. The topological polar surface area (TPSA) is 77.8 Å². The maximum Gasteiger partial charge on any atom is 0.243 e. The van der Waals surface area contributed by atoms with Crippen molar-refractivity contribution in [3.63, 3.8) is 0 Å². The molecule has 0 amide bonds. The summed E-state index contributed by atoms with van der Waals surface area (Å²) in [7, 11) is 0. The van der Waals surface area contributed by atoms with Gasteiger partial charge >= 0.3 is 0 Å². The van der Waals surface area contributed by atoms with Crippen LogP contribution >= 0.6 is 0 Å². The van der Waals surface area contributed by atoms with E-state index in [1.165, 1.54) is 12.8 Å². The Bertz CT molecular complexity index is 547. The van der Waals surface area contributed by atoms with Crippen molar-refractivity contribution in [2.24, 2.45) is 11.7 Å². The van der Waals surface area contributed by atoms with Gasteiger partial charge in [-0.25, -0.2) is 4.98 Å². The summed E-state index contributed by atoms with van der Waals surface area (Å²) < 4.78 is 5.22. The Morgan fingerprint density at radius 2 is 2.22 bits per heavy atom. The number of hydrogen-bond acceptors (Lipinski definition) is 5. The molecule has 0 radical (unpaired) electrons. The molecule has 2 aromatic heterocycles. The predicted molar refractivity (Wildman–Crippen MR) is 66.5 cm³/mol. The van der Waals surface area contributed by atoms with Crippen LogP contribution in [0.5, 0.6) is 0 Å². The van der Waals surface area contributed by atoms with E-state index in [4.69, 9.17) is 10.3 Å². The van der Waals surface area contributed by atoms with Gasteiger partial charge in [0, 0.05) is 5.69 Å². The lowest BCUT2D eigenvalue weighted by Gasteiger charge is -2.03. The molecule has 5 heteroatoms. The SMILES string of the molecule is Cc1cccc(-c2noc([C@@H](N)CC3CC3)n2)n1. The van der Waals surface area contributed by atoms with Crippen LogP contribution in [0.4, 0.5) is 0 Å². The number of aromatic nitrogens is 3. The van der Waals surface area contributed by atoms with Crippen molar-refractivity contribution in [1.82, 2.24) is 15.1 Å². The average Bonchev–Trinajstić information content (AvgIpc) is 3.03. The van der Waals surface area contributed by atoms with Gasteiger partial charge in [-0.1, -0.05) is 24.1 Å². The Kier molecular flexibility index (Phi) is 2.83. The number of nitrogens with two attached hydrogens (primary N) is 1. The van der Waals surface area contributed by atoms with Gasteiger partial charge in [-0.05, 0) is 31.4 Å². The van der Waals surface area contributed by atoms with E-state index in [9.17, 15) is 0 Å². The molecule has 1 aliphatic carbocycles. The van der Waals surface area contributed by atoms with Gasteiger partial charge in [-0.15, -0.1) is 0 Å². The second kappa shape index (κ2) is 4.49. The number of aryl methyl sites for hydroxylation is 1. The normalized spacial score (nSPS) is 16.8. The number of rotatable bonds is 4.